The van der Waals surface area contributed by atoms with E-state index in [0.717, 1.165) is 77.7 Å². The van der Waals surface area contributed by atoms with Crippen LogP contribution < -0.4 is 4.90 Å². The first kappa shape index (κ1) is 29.0. The van der Waals surface area contributed by atoms with Gasteiger partial charge < -0.3 is 4.90 Å². The molecule has 0 fully saturated rings. The van der Waals surface area contributed by atoms with Gasteiger partial charge in [-0.2, -0.15) is 0 Å². The zero-order valence-corrected chi connectivity index (χ0v) is 27.6. The van der Waals surface area contributed by atoms with Crippen molar-refractivity contribution in [2.24, 2.45) is 0 Å². The van der Waals surface area contributed by atoms with Gasteiger partial charge in [-0.15, -0.1) is 0 Å². The lowest BCUT2D eigenvalue weighted by atomic mass is 9.92. The number of anilines is 3. The Morgan fingerprint density at radius 1 is 0.392 bits per heavy atom. The number of pyridine rings is 3. The lowest BCUT2D eigenvalue weighted by Gasteiger charge is -2.25. The summed E-state index contributed by atoms with van der Waals surface area (Å²) >= 11 is 0. The summed E-state index contributed by atoms with van der Waals surface area (Å²) in [6.07, 6.45) is 1.84. The molecule has 7 aromatic carbocycles. The van der Waals surface area contributed by atoms with Crippen molar-refractivity contribution >= 4 is 71.3 Å². The summed E-state index contributed by atoms with van der Waals surface area (Å²) in [5.74, 6) is 0. The molecule has 0 N–H and O–H groups in total. The first-order valence-electron chi connectivity index (χ1n) is 17.2. The number of fused-ring (bicyclic) bond motifs is 8. The Kier molecular flexibility index (Phi) is 6.78. The van der Waals surface area contributed by atoms with Crippen LogP contribution in [0.15, 0.2) is 182 Å². The topological polar surface area (TPSA) is 41.9 Å². The summed E-state index contributed by atoms with van der Waals surface area (Å²) in [5, 5.41) is 7.93. The van der Waals surface area contributed by atoms with Gasteiger partial charge in [0.1, 0.15) is 0 Å². The van der Waals surface area contributed by atoms with Gasteiger partial charge in [-0.25, -0.2) is 9.97 Å². The van der Waals surface area contributed by atoms with Gasteiger partial charge in [0.25, 0.3) is 0 Å². The summed E-state index contributed by atoms with van der Waals surface area (Å²) in [4.78, 5) is 17.7. The second-order valence-corrected chi connectivity index (χ2v) is 12.8. The van der Waals surface area contributed by atoms with Crippen molar-refractivity contribution in [1.82, 2.24) is 15.0 Å². The molecule has 0 saturated heterocycles. The molecule has 0 aliphatic heterocycles. The predicted octanol–water partition coefficient (Wildman–Crippen LogP) is 12.4. The van der Waals surface area contributed by atoms with E-state index in [4.69, 9.17) is 15.0 Å². The van der Waals surface area contributed by atoms with E-state index in [1.54, 1.807) is 0 Å². The van der Waals surface area contributed by atoms with Crippen molar-refractivity contribution < 1.29 is 0 Å². The lowest BCUT2D eigenvalue weighted by Crippen LogP contribution is -2.09. The highest BCUT2D eigenvalue weighted by Gasteiger charge is 2.19. The maximum Gasteiger partial charge on any atom is 0.0972 e. The fraction of sp³-hybridized carbons (Fsp3) is 0. The summed E-state index contributed by atoms with van der Waals surface area (Å²) < 4.78 is 0. The molecule has 238 valence electrons. The van der Waals surface area contributed by atoms with Crippen molar-refractivity contribution in [3.05, 3.63) is 182 Å². The molecule has 0 unspecified atom stereocenters. The molecule has 0 radical (unpaired) electrons. The standard InChI is InChI=1S/C47H30N4/c1-3-13-35(14-4-1)51(36-15-5-2-6-16-36)37-26-22-33(23-27-37)45-40-28-24-31-11-7-8-17-38(31)43(40)44-39(18-9-19-42(44)50-45)41-29-25-34-21-20-32-12-10-30-48-46(32)47(34)49-41/h1-30H. The molecule has 4 nitrogen and oxygen atoms in total. The number of benzene rings is 7. The normalized spacial score (nSPS) is 11.5. The van der Waals surface area contributed by atoms with Crippen LogP contribution in [0.2, 0.25) is 0 Å². The summed E-state index contributed by atoms with van der Waals surface area (Å²) in [6, 6.07) is 61.9. The maximum atomic E-state index is 5.42. The molecule has 0 aliphatic rings. The quantitative estimate of drug-likeness (QED) is 0.174. The molecule has 10 aromatic rings. The highest BCUT2D eigenvalue weighted by atomic mass is 15.1. The van der Waals surface area contributed by atoms with E-state index < -0.39 is 0 Å². The monoisotopic (exact) mass is 650 g/mol. The van der Waals surface area contributed by atoms with Gasteiger partial charge in [0.05, 0.1) is 27.9 Å². The van der Waals surface area contributed by atoms with Crippen molar-refractivity contribution in [2.45, 2.75) is 0 Å². The van der Waals surface area contributed by atoms with Crippen LogP contribution in [-0.2, 0) is 0 Å². The molecular weight excluding hydrogens is 621 g/mol. The Morgan fingerprint density at radius 2 is 1.04 bits per heavy atom. The number of hydrogen-bond donors (Lipinski definition) is 0. The molecule has 0 amide bonds. The zero-order chi connectivity index (χ0) is 33.7. The van der Waals surface area contributed by atoms with Crippen molar-refractivity contribution in [3.63, 3.8) is 0 Å². The molecule has 3 heterocycles. The third-order valence-corrected chi connectivity index (χ3v) is 9.84. The maximum absolute atomic E-state index is 5.42. The van der Waals surface area contributed by atoms with Gasteiger partial charge in [0, 0.05) is 61.3 Å². The molecule has 4 heteroatoms. The number of aromatic nitrogens is 3. The van der Waals surface area contributed by atoms with Gasteiger partial charge in [0.15, 0.2) is 0 Å². The minimum absolute atomic E-state index is 0.904. The Labute approximate surface area is 294 Å². The molecular formula is C47H30N4. The van der Waals surface area contributed by atoms with E-state index >= 15 is 0 Å². The van der Waals surface area contributed by atoms with Crippen LogP contribution in [0.1, 0.15) is 0 Å². The first-order valence-corrected chi connectivity index (χ1v) is 17.2. The Hall–Kier alpha value is -6.91. The smallest absolute Gasteiger partial charge is 0.0972 e. The Bertz CT molecular complexity index is 2860. The fourth-order valence-corrected chi connectivity index (χ4v) is 7.49. The van der Waals surface area contributed by atoms with Crippen LogP contribution in [0, 0.1) is 0 Å². The van der Waals surface area contributed by atoms with E-state index in [2.05, 4.69) is 175 Å². The minimum Gasteiger partial charge on any atom is -0.311 e. The zero-order valence-electron chi connectivity index (χ0n) is 27.6. The van der Waals surface area contributed by atoms with Gasteiger partial charge in [0.2, 0.25) is 0 Å². The largest absolute Gasteiger partial charge is 0.311 e. The predicted molar refractivity (Wildman–Crippen MR) is 213 cm³/mol. The average molecular weight is 651 g/mol. The Balaban J connectivity index is 1.19. The van der Waals surface area contributed by atoms with Crippen molar-refractivity contribution in [2.75, 3.05) is 4.90 Å². The van der Waals surface area contributed by atoms with Crippen LogP contribution in [0.25, 0.3) is 76.8 Å². The fourth-order valence-electron chi connectivity index (χ4n) is 7.49. The molecule has 51 heavy (non-hydrogen) atoms. The minimum atomic E-state index is 0.904. The number of para-hydroxylation sites is 2. The molecule has 0 aliphatic carbocycles. The summed E-state index contributed by atoms with van der Waals surface area (Å²) in [5.41, 5.74) is 10.0. The molecule has 0 saturated carbocycles. The second-order valence-electron chi connectivity index (χ2n) is 12.8. The van der Waals surface area contributed by atoms with Crippen LogP contribution in [0.3, 0.4) is 0 Å². The highest BCUT2D eigenvalue weighted by Crippen LogP contribution is 2.42. The molecule has 0 bridgehead atoms. The number of nitrogens with zero attached hydrogens (tertiary/aromatic N) is 4. The second kappa shape index (κ2) is 11.9. The third-order valence-electron chi connectivity index (χ3n) is 9.84. The van der Waals surface area contributed by atoms with Gasteiger partial charge >= 0.3 is 0 Å². The van der Waals surface area contributed by atoms with E-state index in [0.29, 0.717) is 0 Å². The van der Waals surface area contributed by atoms with E-state index in [-0.39, 0.29) is 0 Å². The summed E-state index contributed by atoms with van der Waals surface area (Å²) in [7, 11) is 0. The molecule has 0 spiro atoms. The highest BCUT2D eigenvalue weighted by molar-refractivity contribution is 6.25. The van der Waals surface area contributed by atoms with Crippen molar-refractivity contribution in [3.8, 4) is 22.5 Å². The third kappa shape index (κ3) is 4.88. The summed E-state index contributed by atoms with van der Waals surface area (Å²) in [6.45, 7) is 0. The number of hydrogen-bond acceptors (Lipinski definition) is 4. The first-order chi connectivity index (χ1) is 25.3. The Morgan fingerprint density at radius 3 is 1.82 bits per heavy atom. The van der Waals surface area contributed by atoms with E-state index in [9.17, 15) is 0 Å². The molecule has 0 atom stereocenters. The molecule has 10 rings (SSSR count). The van der Waals surface area contributed by atoms with Crippen LogP contribution in [0.5, 0.6) is 0 Å². The van der Waals surface area contributed by atoms with Gasteiger partial charge in [-0.3, -0.25) is 4.98 Å². The number of rotatable bonds is 5. The van der Waals surface area contributed by atoms with Crippen LogP contribution in [-0.4, -0.2) is 15.0 Å². The van der Waals surface area contributed by atoms with Crippen molar-refractivity contribution in [1.29, 1.82) is 0 Å². The van der Waals surface area contributed by atoms with Gasteiger partial charge in [-0.05, 0) is 65.4 Å². The average Bonchev–Trinajstić information content (AvgIpc) is 3.21. The lowest BCUT2D eigenvalue weighted by molar-refractivity contribution is 1.28. The van der Waals surface area contributed by atoms with Crippen LogP contribution >= 0.6 is 0 Å². The van der Waals surface area contributed by atoms with Crippen LogP contribution in [0.4, 0.5) is 17.1 Å². The van der Waals surface area contributed by atoms with Gasteiger partial charge in [-0.1, -0.05) is 121 Å². The van der Waals surface area contributed by atoms with E-state index in [1.807, 2.05) is 12.3 Å². The SMILES string of the molecule is c1ccc(N(c2ccccc2)c2ccc(-c3nc4cccc(-c5ccc6ccc7cccnc7c6n5)c4c4c3ccc3ccccc34)cc2)cc1. The van der Waals surface area contributed by atoms with E-state index in [1.165, 1.54) is 16.2 Å². The molecule has 3 aromatic heterocycles.